The molecule has 1 aromatic rings. The molecule has 0 aliphatic heterocycles. The van der Waals surface area contributed by atoms with E-state index in [-0.39, 0.29) is 18.6 Å². The molecule has 1 aromatic heterocycles. The largest absolute Gasteiger partial charge is 0.394 e. The third kappa shape index (κ3) is 2.87. The van der Waals surface area contributed by atoms with E-state index in [9.17, 15) is 0 Å². The van der Waals surface area contributed by atoms with Crippen molar-refractivity contribution in [3.8, 4) is 0 Å². The summed E-state index contributed by atoms with van der Waals surface area (Å²) in [6.07, 6.45) is 0. The molecule has 0 saturated heterocycles. The van der Waals surface area contributed by atoms with E-state index in [0.29, 0.717) is 5.82 Å². The van der Waals surface area contributed by atoms with Gasteiger partial charge >= 0.3 is 0 Å². The molecule has 0 aromatic carbocycles. The molecule has 0 aliphatic rings. The molecule has 0 aliphatic carbocycles. The summed E-state index contributed by atoms with van der Waals surface area (Å²) in [7, 11) is 0. The first kappa shape index (κ1) is 9.73. The third-order valence-electron chi connectivity index (χ3n) is 1.54. The molecule has 0 bridgehead atoms. The predicted molar refractivity (Wildman–Crippen MR) is 51.4 cm³/mol. The number of hydrogen-bond donors (Lipinski definition) is 3. The van der Waals surface area contributed by atoms with Gasteiger partial charge in [0.15, 0.2) is 0 Å². The number of nitrogens with one attached hydrogen (secondary N) is 1. The molecule has 0 spiro atoms. The molecule has 0 fully saturated rings. The van der Waals surface area contributed by atoms with Crippen molar-refractivity contribution in [2.45, 2.75) is 19.9 Å². The number of aliphatic hydroxyl groups excluding tert-OH is 1. The topological polar surface area (TPSA) is 84.1 Å². The number of nitrogen functional groups attached to an aromatic ring is 1. The molecule has 1 heterocycles. The number of anilines is 2. The summed E-state index contributed by atoms with van der Waals surface area (Å²) in [5.74, 6) is 0.888. The van der Waals surface area contributed by atoms with Crippen LogP contribution in [0.5, 0.6) is 0 Å². The summed E-state index contributed by atoms with van der Waals surface area (Å²) in [5.41, 5.74) is 6.26. The molecule has 1 atom stereocenters. The summed E-state index contributed by atoms with van der Waals surface area (Å²) in [6.45, 7) is 3.75. The van der Waals surface area contributed by atoms with Crippen LogP contribution < -0.4 is 11.1 Å². The van der Waals surface area contributed by atoms with E-state index in [1.54, 1.807) is 6.07 Å². The Morgan fingerprint density at radius 3 is 2.85 bits per heavy atom. The number of aliphatic hydroxyl groups is 1. The summed E-state index contributed by atoms with van der Waals surface area (Å²) in [5, 5.41) is 11.8. The van der Waals surface area contributed by atoms with Crippen molar-refractivity contribution in [1.29, 1.82) is 0 Å². The first-order chi connectivity index (χ1) is 6.11. The van der Waals surface area contributed by atoms with Crippen molar-refractivity contribution in [1.82, 2.24) is 9.97 Å². The normalized spacial score (nSPS) is 12.5. The third-order valence-corrected chi connectivity index (χ3v) is 1.54. The summed E-state index contributed by atoms with van der Waals surface area (Å²) in [6, 6.07) is 1.75. The Morgan fingerprint density at radius 2 is 2.31 bits per heavy atom. The maximum atomic E-state index is 8.80. The van der Waals surface area contributed by atoms with Crippen LogP contribution >= 0.6 is 0 Å². The highest BCUT2D eigenvalue weighted by Crippen LogP contribution is 2.07. The maximum absolute atomic E-state index is 8.80. The van der Waals surface area contributed by atoms with Gasteiger partial charge in [0.2, 0.25) is 5.95 Å². The number of hydrogen-bond acceptors (Lipinski definition) is 5. The molecule has 13 heavy (non-hydrogen) atoms. The Balaban J connectivity index is 2.77. The van der Waals surface area contributed by atoms with Crippen molar-refractivity contribution in [3.05, 3.63) is 11.8 Å². The van der Waals surface area contributed by atoms with Crippen molar-refractivity contribution < 1.29 is 5.11 Å². The van der Waals surface area contributed by atoms with Gasteiger partial charge in [0.1, 0.15) is 5.82 Å². The van der Waals surface area contributed by atoms with Crippen molar-refractivity contribution in [2.24, 2.45) is 0 Å². The maximum Gasteiger partial charge on any atom is 0.222 e. The Labute approximate surface area is 77.0 Å². The number of nitrogens with two attached hydrogens (primary N) is 1. The van der Waals surface area contributed by atoms with Gasteiger partial charge in [-0.1, -0.05) is 0 Å². The van der Waals surface area contributed by atoms with Crippen molar-refractivity contribution >= 4 is 11.8 Å². The van der Waals surface area contributed by atoms with Crippen molar-refractivity contribution in [2.75, 3.05) is 17.7 Å². The van der Waals surface area contributed by atoms with E-state index in [0.717, 1.165) is 5.69 Å². The van der Waals surface area contributed by atoms with E-state index in [1.807, 2.05) is 13.8 Å². The Morgan fingerprint density at radius 1 is 1.62 bits per heavy atom. The van der Waals surface area contributed by atoms with Crippen molar-refractivity contribution in [3.63, 3.8) is 0 Å². The van der Waals surface area contributed by atoms with E-state index >= 15 is 0 Å². The lowest BCUT2D eigenvalue weighted by Crippen LogP contribution is -2.20. The van der Waals surface area contributed by atoms with Crippen LogP contribution in [0, 0.1) is 6.92 Å². The zero-order chi connectivity index (χ0) is 9.84. The van der Waals surface area contributed by atoms with E-state index < -0.39 is 0 Å². The molecular formula is C8H14N4O. The first-order valence-corrected chi connectivity index (χ1v) is 4.10. The standard InChI is InChI=1S/C8H14N4O/c1-5-3-7(10-6(2)4-13)12-8(9)11-5/h3,6,13H,4H2,1-2H3,(H3,9,10,11,12). The van der Waals surface area contributed by atoms with Gasteiger partial charge < -0.3 is 16.2 Å². The second-order valence-corrected chi connectivity index (χ2v) is 2.98. The Bertz CT molecular complexity index is 269. The molecule has 0 amide bonds. The highest BCUT2D eigenvalue weighted by Gasteiger charge is 2.02. The van der Waals surface area contributed by atoms with Crippen LogP contribution in [-0.2, 0) is 0 Å². The van der Waals surface area contributed by atoms with Gasteiger partial charge in [-0.15, -0.1) is 0 Å². The molecule has 1 unspecified atom stereocenters. The molecule has 0 radical (unpaired) electrons. The lowest BCUT2D eigenvalue weighted by atomic mass is 10.3. The number of aromatic nitrogens is 2. The molecule has 72 valence electrons. The fourth-order valence-electron chi connectivity index (χ4n) is 0.964. The monoisotopic (exact) mass is 182 g/mol. The SMILES string of the molecule is Cc1cc(NC(C)CO)nc(N)n1. The molecule has 5 nitrogen and oxygen atoms in total. The van der Waals surface area contributed by atoms with Crippen LogP contribution in [0.15, 0.2) is 6.07 Å². The summed E-state index contributed by atoms with van der Waals surface area (Å²) >= 11 is 0. The first-order valence-electron chi connectivity index (χ1n) is 4.10. The van der Waals surface area contributed by atoms with Gasteiger partial charge in [0.05, 0.1) is 6.61 Å². The predicted octanol–water partition coefficient (Wildman–Crippen LogP) is 0.160. The minimum atomic E-state index is -0.0336. The molecule has 5 heteroatoms. The zero-order valence-electron chi connectivity index (χ0n) is 7.78. The summed E-state index contributed by atoms with van der Waals surface area (Å²) < 4.78 is 0. The summed E-state index contributed by atoms with van der Waals surface area (Å²) in [4.78, 5) is 7.90. The van der Waals surface area contributed by atoms with Crippen LogP contribution in [0.3, 0.4) is 0 Å². The van der Waals surface area contributed by atoms with Gasteiger partial charge in [-0.25, -0.2) is 4.98 Å². The van der Waals surface area contributed by atoms with Crippen LogP contribution in [0.1, 0.15) is 12.6 Å². The molecule has 1 rings (SSSR count). The fraction of sp³-hybridized carbons (Fsp3) is 0.500. The minimum absolute atomic E-state index is 0.0336. The van der Waals surface area contributed by atoms with Gasteiger partial charge in [0.25, 0.3) is 0 Å². The van der Waals surface area contributed by atoms with E-state index in [1.165, 1.54) is 0 Å². The average Bonchev–Trinajstić information content (AvgIpc) is 2.02. The van der Waals surface area contributed by atoms with Crippen LogP contribution in [0.25, 0.3) is 0 Å². The van der Waals surface area contributed by atoms with Crippen LogP contribution in [0.2, 0.25) is 0 Å². The van der Waals surface area contributed by atoms with Gasteiger partial charge in [-0.05, 0) is 13.8 Å². The lowest BCUT2D eigenvalue weighted by Gasteiger charge is -2.11. The van der Waals surface area contributed by atoms with Crippen LogP contribution in [-0.4, -0.2) is 27.7 Å². The Kier molecular flexibility index (Phi) is 3.02. The smallest absolute Gasteiger partial charge is 0.222 e. The molecule has 4 N–H and O–H groups in total. The van der Waals surface area contributed by atoms with E-state index in [2.05, 4.69) is 15.3 Å². The number of rotatable bonds is 3. The lowest BCUT2D eigenvalue weighted by molar-refractivity contribution is 0.281. The van der Waals surface area contributed by atoms with Gasteiger partial charge in [-0.3, -0.25) is 0 Å². The molecular weight excluding hydrogens is 168 g/mol. The molecule has 0 saturated carbocycles. The second kappa shape index (κ2) is 4.04. The zero-order valence-corrected chi connectivity index (χ0v) is 7.78. The second-order valence-electron chi connectivity index (χ2n) is 2.98. The number of nitrogens with zero attached hydrogens (tertiary/aromatic N) is 2. The number of aryl methyl sites for hydroxylation is 1. The van der Waals surface area contributed by atoms with Gasteiger partial charge in [-0.2, -0.15) is 4.98 Å². The van der Waals surface area contributed by atoms with Gasteiger partial charge in [0, 0.05) is 17.8 Å². The Hall–Kier alpha value is -1.36. The average molecular weight is 182 g/mol. The highest BCUT2D eigenvalue weighted by molar-refractivity contribution is 5.40. The highest BCUT2D eigenvalue weighted by atomic mass is 16.3. The minimum Gasteiger partial charge on any atom is -0.394 e. The van der Waals surface area contributed by atoms with Crippen LogP contribution in [0.4, 0.5) is 11.8 Å². The fourth-order valence-corrected chi connectivity index (χ4v) is 0.964. The van der Waals surface area contributed by atoms with E-state index in [4.69, 9.17) is 10.8 Å². The quantitative estimate of drug-likeness (QED) is 0.620.